The number of primary amides is 1. The predicted octanol–water partition coefficient (Wildman–Crippen LogP) is 3.69. The summed E-state index contributed by atoms with van der Waals surface area (Å²) in [6.07, 6.45) is 3.33. The number of aryl methyl sites for hydroxylation is 1. The molecule has 0 aromatic heterocycles. The highest BCUT2D eigenvalue weighted by atomic mass is 19.1. The molecular weight excluding hydrogens is 445 g/mol. The Hall–Kier alpha value is -2.77. The summed E-state index contributed by atoms with van der Waals surface area (Å²) in [6.45, 7) is 6.92. The summed E-state index contributed by atoms with van der Waals surface area (Å²) in [7, 11) is 0. The zero-order valence-corrected chi connectivity index (χ0v) is 20.5. The van der Waals surface area contributed by atoms with Crippen molar-refractivity contribution in [1.29, 1.82) is 0 Å². The van der Waals surface area contributed by atoms with Gasteiger partial charge in [-0.05, 0) is 54.9 Å². The smallest absolute Gasteiger partial charge is 0.234 e. The Morgan fingerprint density at radius 3 is 2.71 bits per heavy atom. The molecule has 1 saturated heterocycles. The van der Waals surface area contributed by atoms with Crippen LogP contribution in [0.1, 0.15) is 56.6 Å². The Bertz CT molecular complexity index is 1040. The number of benzene rings is 2. The first kappa shape index (κ1) is 26.8. The number of amides is 2. The van der Waals surface area contributed by atoms with E-state index in [-0.39, 0.29) is 30.5 Å². The van der Waals surface area contributed by atoms with Crippen molar-refractivity contribution in [2.24, 2.45) is 17.4 Å². The molecule has 0 spiro atoms. The van der Waals surface area contributed by atoms with E-state index in [0.717, 1.165) is 17.5 Å². The third-order valence-corrected chi connectivity index (χ3v) is 7.15. The van der Waals surface area contributed by atoms with Crippen LogP contribution < -0.4 is 11.5 Å². The maximum Gasteiger partial charge on any atom is 0.234 e. The zero-order chi connectivity index (χ0) is 25.6. The summed E-state index contributed by atoms with van der Waals surface area (Å²) in [5, 5.41) is 12.2. The van der Waals surface area contributed by atoms with Crippen molar-refractivity contribution in [3.05, 3.63) is 66.3 Å². The minimum atomic E-state index is -1.36. The lowest BCUT2D eigenvalue weighted by Crippen LogP contribution is -2.48. The number of carbonyl (C=O) groups excluding carboxylic acids is 2. The molecule has 2 unspecified atom stereocenters. The van der Waals surface area contributed by atoms with Gasteiger partial charge in [-0.15, -0.1) is 0 Å². The van der Waals surface area contributed by atoms with E-state index in [0.29, 0.717) is 49.9 Å². The van der Waals surface area contributed by atoms with Gasteiger partial charge < -0.3 is 21.5 Å². The molecule has 1 radical (unpaired) electrons. The largest absolute Gasteiger partial charge is 0.385 e. The SMILES string of the molecule is [CH2]CCC(O)(c1cccc(F)c1-c1cccc(CC)c1)C1CCCN(C(=O)CC[C@H](N)C(N)=O)C1. The second kappa shape index (κ2) is 11.8. The third kappa shape index (κ3) is 6.08. The van der Waals surface area contributed by atoms with Crippen molar-refractivity contribution in [1.82, 2.24) is 4.90 Å². The van der Waals surface area contributed by atoms with E-state index in [1.807, 2.05) is 31.2 Å². The summed E-state index contributed by atoms with van der Waals surface area (Å²) in [5.41, 5.74) is 12.3. The fourth-order valence-corrected chi connectivity index (χ4v) is 5.13. The lowest BCUT2D eigenvalue weighted by molar-refractivity contribution is -0.137. The molecule has 6 nitrogen and oxygen atoms in total. The Balaban J connectivity index is 1.94. The van der Waals surface area contributed by atoms with Crippen LogP contribution in [0, 0.1) is 18.7 Å². The molecule has 35 heavy (non-hydrogen) atoms. The molecule has 3 rings (SSSR count). The molecule has 0 aliphatic carbocycles. The number of hydrogen-bond donors (Lipinski definition) is 3. The minimum Gasteiger partial charge on any atom is -0.385 e. The third-order valence-electron chi connectivity index (χ3n) is 7.15. The highest BCUT2D eigenvalue weighted by molar-refractivity contribution is 5.81. The standard InChI is InChI=1S/C28H37FN3O3/c1-3-15-28(35,21-10-7-16-32(18-21)25(33)14-13-24(30)27(31)34)22-11-6-12-23(29)26(22)20-9-5-8-19(4-2)17-20/h5-6,8-9,11-12,17,21,24,35H,1,3-4,7,10,13-16,18,30H2,2H3,(H2,31,34)/t21?,24-,28?/m0/s1. The van der Waals surface area contributed by atoms with Crippen LogP contribution in [0.4, 0.5) is 4.39 Å². The van der Waals surface area contributed by atoms with Crippen molar-refractivity contribution in [3.8, 4) is 11.1 Å². The van der Waals surface area contributed by atoms with Crippen molar-refractivity contribution in [2.45, 2.75) is 63.5 Å². The van der Waals surface area contributed by atoms with Crippen LogP contribution in [-0.2, 0) is 21.6 Å². The van der Waals surface area contributed by atoms with Gasteiger partial charge in [0.2, 0.25) is 11.8 Å². The average molecular weight is 483 g/mol. The van der Waals surface area contributed by atoms with Gasteiger partial charge in [-0.1, -0.05) is 56.7 Å². The number of aliphatic hydroxyl groups is 1. The van der Waals surface area contributed by atoms with Gasteiger partial charge in [-0.2, -0.15) is 0 Å². The molecule has 2 aromatic rings. The van der Waals surface area contributed by atoms with Crippen LogP contribution in [0.25, 0.3) is 11.1 Å². The van der Waals surface area contributed by atoms with Gasteiger partial charge in [-0.25, -0.2) is 4.39 Å². The van der Waals surface area contributed by atoms with Crippen LogP contribution in [0.3, 0.4) is 0 Å². The van der Waals surface area contributed by atoms with Crippen LogP contribution in [0.2, 0.25) is 0 Å². The molecule has 2 amide bonds. The lowest BCUT2D eigenvalue weighted by Gasteiger charge is -2.43. The number of carbonyl (C=O) groups is 2. The molecular formula is C28H37FN3O3. The van der Waals surface area contributed by atoms with E-state index >= 15 is 4.39 Å². The summed E-state index contributed by atoms with van der Waals surface area (Å²) in [5.74, 6) is -1.44. The summed E-state index contributed by atoms with van der Waals surface area (Å²) < 4.78 is 15.3. The minimum absolute atomic E-state index is 0.111. The van der Waals surface area contributed by atoms with E-state index in [1.165, 1.54) is 6.07 Å². The summed E-state index contributed by atoms with van der Waals surface area (Å²) >= 11 is 0. The fourth-order valence-electron chi connectivity index (χ4n) is 5.13. The molecule has 1 heterocycles. The maximum absolute atomic E-state index is 15.3. The monoisotopic (exact) mass is 482 g/mol. The first-order chi connectivity index (χ1) is 16.7. The number of nitrogens with zero attached hydrogens (tertiary/aromatic N) is 1. The Labute approximate surface area is 207 Å². The topological polar surface area (TPSA) is 110 Å². The number of likely N-dealkylation sites (tertiary alicyclic amines) is 1. The van der Waals surface area contributed by atoms with E-state index in [1.54, 1.807) is 17.0 Å². The van der Waals surface area contributed by atoms with Gasteiger partial charge in [-0.3, -0.25) is 9.59 Å². The second-order valence-corrected chi connectivity index (χ2v) is 9.47. The quantitative estimate of drug-likeness (QED) is 0.480. The van der Waals surface area contributed by atoms with Crippen LogP contribution in [-0.4, -0.2) is 41.0 Å². The van der Waals surface area contributed by atoms with Crippen molar-refractivity contribution in [3.63, 3.8) is 0 Å². The molecule has 0 bridgehead atoms. The normalized spacial score (nSPS) is 18.7. The second-order valence-electron chi connectivity index (χ2n) is 9.47. The van der Waals surface area contributed by atoms with Crippen molar-refractivity contribution >= 4 is 11.8 Å². The lowest BCUT2D eigenvalue weighted by atomic mass is 9.72. The molecule has 3 atom stereocenters. The molecule has 1 aliphatic rings. The average Bonchev–Trinajstić information content (AvgIpc) is 2.86. The van der Waals surface area contributed by atoms with E-state index in [4.69, 9.17) is 11.5 Å². The summed E-state index contributed by atoms with van der Waals surface area (Å²) in [4.78, 5) is 25.8. The van der Waals surface area contributed by atoms with Crippen LogP contribution in [0.15, 0.2) is 42.5 Å². The van der Waals surface area contributed by atoms with Gasteiger partial charge in [0.1, 0.15) is 5.82 Å². The van der Waals surface area contributed by atoms with Crippen molar-refractivity contribution in [2.75, 3.05) is 13.1 Å². The zero-order valence-electron chi connectivity index (χ0n) is 20.5. The van der Waals surface area contributed by atoms with Crippen molar-refractivity contribution < 1.29 is 19.1 Å². The predicted molar refractivity (Wildman–Crippen MR) is 135 cm³/mol. The molecule has 2 aromatic carbocycles. The van der Waals surface area contributed by atoms with Gasteiger partial charge in [0.15, 0.2) is 0 Å². The molecule has 1 fully saturated rings. The van der Waals surface area contributed by atoms with Gasteiger partial charge in [0.25, 0.3) is 0 Å². The number of piperidine rings is 1. The number of nitrogens with two attached hydrogens (primary N) is 2. The number of halogens is 1. The molecule has 5 N–H and O–H groups in total. The molecule has 1 aliphatic heterocycles. The van der Waals surface area contributed by atoms with Crippen LogP contribution >= 0.6 is 0 Å². The summed E-state index contributed by atoms with van der Waals surface area (Å²) in [6, 6.07) is 11.7. The van der Waals surface area contributed by atoms with Gasteiger partial charge in [0.05, 0.1) is 11.6 Å². The first-order valence-electron chi connectivity index (χ1n) is 12.4. The van der Waals surface area contributed by atoms with E-state index in [2.05, 4.69) is 6.92 Å². The molecule has 189 valence electrons. The number of hydrogen-bond acceptors (Lipinski definition) is 4. The van der Waals surface area contributed by atoms with Crippen LogP contribution in [0.5, 0.6) is 0 Å². The highest BCUT2D eigenvalue weighted by Crippen LogP contribution is 2.44. The Morgan fingerprint density at radius 1 is 1.29 bits per heavy atom. The Morgan fingerprint density at radius 2 is 2.03 bits per heavy atom. The fraction of sp³-hybridized carbons (Fsp3) is 0.464. The molecule has 0 saturated carbocycles. The highest BCUT2D eigenvalue weighted by Gasteiger charge is 2.42. The Kier molecular flexibility index (Phi) is 9.03. The first-order valence-corrected chi connectivity index (χ1v) is 12.4. The van der Waals surface area contributed by atoms with Gasteiger partial charge in [0, 0.05) is 31.0 Å². The molecule has 7 heteroatoms. The van der Waals surface area contributed by atoms with Gasteiger partial charge >= 0.3 is 0 Å². The number of rotatable bonds is 10. The van der Waals surface area contributed by atoms with E-state index < -0.39 is 17.6 Å². The maximum atomic E-state index is 15.3. The van der Waals surface area contributed by atoms with E-state index in [9.17, 15) is 14.7 Å².